The van der Waals surface area contributed by atoms with Gasteiger partial charge in [-0.3, -0.25) is 0 Å². The van der Waals surface area contributed by atoms with Crippen molar-refractivity contribution in [3.8, 4) is 0 Å². The maximum absolute atomic E-state index is 11.5. The minimum atomic E-state index is 0.149. The average molecular weight is 365 g/mol. The number of aliphatic imine (C=N–C) groups is 1. The summed E-state index contributed by atoms with van der Waals surface area (Å²) in [6, 6.07) is 22.2. The van der Waals surface area contributed by atoms with Crippen molar-refractivity contribution in [3.05, 3.63) is 77.9 Å². The number of ketones is 1. The van der Waals surface area contributed by atoms with Crippen LogP contribution in [0, 0.1) is 0 Å². The van der Waals surface area contributed by atoms with E-state index in [9.17, 15) is 4.79 Å². The molecule has 0 amide bonds. The molecule has 3 aromatic carbocycles. The zero-order valence-electron chi connectivity index (χ0n) is 12.8. The molecule has 23 heavy (non-hydrogen) atoms. The van der Waals surface area contributed by atoms with Gasteiger partial charge in [0.2, 0.25) is 0 Å². The van der Waals surface area contributed by atoms with Crippen LogP contribution in [0.1, 0.15) is 18.1 Å². The van der Waals surface area contributed by atoms with Crippen molar-refractivity contribution in [3.63, 3.8) is 0 Å². The number of hydrogen-bond acceptors (Lipinski definition) is 2. The van der Waals surface area contributed by atoms with E-state index in [1.807, 2.05) is 48.5 Å². The molecule has 0 saturated heterocycles. The predicted octanol–water partition coefficient (Wildman–Crippen LogP) is 4.22. The Bertz CT molecular complexity index is 894. The van der Waals surface area contributed by atoms with Crippen LogP contribution in [0.25, 0.3) is 10.8 Å². The fraction of sp³-hybridized carbons (Fsp3) is 0.100. The summed E-state index contributed by atoms with van der Waals surface area (Å²) >= 11 is 3.06. The second kappa shape index (κ2) is 6.91. The normalized spacial score (nSPS) is 11.6. The van der Waals surface area contributed by atoms with Crippen LogP contribution in [0.4, 0.5) is 5.69 Å². The molecule has 0 atom stereocenters. The molecule has 0 unspecified atom stereocenters. The molecule has 0 aromatic heterocycles. The van der Waals surface area contributed by atoms with Gasteiger partial charge < -0.3 is 0 Å². The van der Waals surface area contributed by atoms with Crippen molar-refractivity contribution in [2.24, 2.45) is 4.99 Å². The molecule has 3 heteroatoms. The first-order chi connectivity index (χ1) is 11.1. The van der Waals surface area contributed by atoms with Crippen LogP contribution in [0.2, 0.25) is 0 Å². The van der Waals surface area contributed by atoms with E-state index in [1.165, 1.54) is 5.39 Å². The first-order valence-corrected chi connectivity index (χ1v) is 8.32. The third-order valence-electron chi connectivity index (χ3n) is 3.68. The molecule has 2 nitrogen and oxygen atoms in total. The van der Waals surface area contributed by atoms with Gasteiger partial charge in [-0.15, -0.1) is 0 Å². The third kappa shape index (κ3) is 3.58. The molecular formula is C20H16NOSe. The van der Waals surface area contributed by atoms with Crippen LogP contribution in [-0.2, 0) is 11.2 Å². The van der Waals surface area contributed by atoms with Gasteiger partial charge in [0.15, 0.2) is 0 Å². The molecular weight excluding hydrogens is 349 g/mol. The van der Waals surface area contributed by atoms with Crippen molar-refractivity contribution in [1.82, 2.24) is 0 Å². The number of carbonyl (C=O) groups is 1. The second-order valence-electron chi connectivity index (χ2n) is 5.45. The molecule has 0 aliphatic heterocycles. The molecule has 3 rings (SSSR count). The molecule has 0 fully saturated rings. The molecule has 0 aliphatic carbocycles. The Morgan fingerprint density at radius 1 is 0.957 bits per heavy atom. The SMILES string of the molecule is CC(=O)Cc1ccccc1C([Se])=Nc1cccc2ccccc12. The zero-order chi connectivity index (χ0) is 16.2. The summed E-state index contributed by atoms with van der Waals surface area (Å²) in [5.41, 5.74) is 2.91. The van der Waals surface area contributed by atoms with Crippen molar-refractivity contribution >= 4 is 42.9 Å². The molecule has 113 valence electrons. The number of benzene rings is 3. The number of Topliss-reactive ketones (excluding diaryl/α,β-unsaturated/α-hetero) is 1. The second-order valence-corrected chi connectivity index (χ2v) is 6.26. The van der Waals surface area contributed by atoms with Gasteiger partial charge >= 0.3 is 144 Å². The van der Waals surface area contributed by atoms with Gasteiger partial charge in [0.1, 0.15) is 0 Å². The molecule has 0 saturated carbocycles. The monoisotopic (exact) mass is 366 g/mol. The fourth-order valence-electron chi connectivity index (χ4n) is 2.63. The van der Waals surface area contributed by atoms with Gasteiger partial charge in [0.05, 0.1) is 0 Å². The summed E-state index contributed by atoms with van der Waals surface area (Å²) in [6.45, 7) is 1.61. The van der Waals surface area contributed by atoms with Crippen molar-refractivity contribution < 1.29 is 4.79 Å². The van der Waals surface area contributed by atoms with E-state index in [1.54, 1.807) is 6.92 Å². The van der Waals surface area contributed by atoms with Gasteiger partial charge in [-0.2, -0.15) is 0 Å². The topological polar surface area (TPSA) is 29.4 Å². The Labute approximate surface area is 144 Å². The van der Waals surface area contributed by atoms with Gasteiger partial charge in [0.25, 0.3) is 0 Å². The van der Waals surface area contributed by atoms with E-state index in [4.69, 9.17) is 4.99 Å². The predicted molar refractivity (Wildman–Crippen MR) is 96.7 cm³/mol. The van der Waals surface area contributed by atoms with E-state index in [2.05, 4.69) is 34.2 Å². The third-order valence-corrected chi connectivity index (χ3v) is 4.33. The number of nitrogens with zero attached hydrogens (tertiary/aromatic N) is 1. The van der Waals surface area contributed by atoms with Crippen LogP contribution in [0.15, 0.2) is 71.7 Å². The molecule has 3 aromatic rings. The Kier molecular flexibility index (Phi) is 4.70. The molecule has 0 bridgehead atoms. The van der Waals surface area contributed by atoms with Gasteiger partial charge in [-0.05, 0) is 0 Å². The molecule has 1 radical (unpaired) electrons. The Morgan fingerprint density at radius 2 is 1.65 bits per heavy atom. The summed E-state index contributed by atoms with van der Waals surface area (Å²) in [6.07, 6.45) is 0.423. The number of rotatable bonds is 4. The van der Waals surface area contributed by atoms with E-state index < -0.39 is 0 Å². The number of carbonyl (C=O) groups excluding carboxylic acids is 1. The molecule has 0 spiro atoms. The van der Waals surface area contributed by atoms with E-state index in [0.29, 0.717) is 6.42 Å². The van der Waals surface area contributed by atoms with Crippen molar-refractivity contribution in [2.75, 3.05) is 0 Å². The van der Waals surface area contributed by atoms with Crippen LogP contribution in [-0.4, -0.2) is 26.4 Å². The molecule has 0 N–H and O–H groups in total. The van der Waals surface area contributed by atoms with E-state index >= 15 is 0 Å². The summed E-state index contributed by atoms with van der Waals surface area (Å²) < 4.78 is 0.804. The maximum atomic E-state index is 11.5. The number of hydrogen-bond donors (Lipinski definition) is 0. The molecule has 0 heterocycles. The van der Waals surface area contributed by atoms with Crippen LogP contribution in [0.3, 0.4) is 0 Å². The Hall–Kier alpha value is -2.22. The van der Waals surface area contributed by atoms with E-state index in [-0.39, 0.29) is 5.78 Å². The first-order valence-electron chi connectivity index (χ1n) is 7.46. The van der Waals surface area contributed by atoms with Crippen LogP contribution in [0.5, 0.6) is 0 Å². The van der Waals surface area contributed by atoms with Gasteiger partial charge in [-0.25, -0.2) is 0 Å². The number of fused-ring (bicyclic) bond motifs is 1. The summed E-state index contributed by atoms with van der Waals surface area (Å²) in [4.78, 5) is 16.2. The quantitative estimate of drug-likeness (QED) is 0.503. The Morgan fingerprint density at radius 3 is 2.48 bits per heavy atom. The minimum absolute atomic E-state index is 0.149. The standard InChI is InChI=1S/C20H16NOSe/c1-14(22)13-16-8-3-5-11-18(16)20(23)21-19-12-6-9-15-7-2-4-10-17(15)19/h2-12H,13H2,1H3. The van der Waals surface area contributed by atoms with Crippen LogP contribution >= 0.6 is 0 Å². The summed E-state index contributed by atoms with van der Waals surface area (Å²) in [5, 5.41) is 2.28. The zero-order valence-corrected chi connectivity index (χ0v) is 14.5. The van der Waals surface area contributed by atoms with E-state index in [0.717, 1.165) is 26.8 Å². The van der Waals surface area contributed by atoms with Crippen LogP contribution < -0.4 is 0 Å². The van der Waals surface area contributed by atoms with Gasteiger partial charge in [-0.1, -0.05) is 0 Å². The van der Waals surface area contributed by atoms with Crippen molar-refractivity contribution in [1.29, 1.82) is 0 Å². The molecule has 0 aliphatic rings. The Balaban J connectivity index is 2.07. The van der Waals surface area contributed by atoms with Gasteiger partial charge in [0, 0.05) is 0 Å². The first kappa shape index (κ1) is 15.7. The van der Waals surface area contributed by atoms with Crippen molar-refractivity contribution in [2.45, 2.75) is 13.3 Å². The summed E-state index contributed by atoms with van der Waals surface area (Å²) in [7, 11) is 0. The average Bonchev–Trinajstić information content (AvgIpc) is 2.55. The fourth-order valence-corrected chi connectivity index (χ4v) is 3.25. The summed E-state index contributed by atoms with van der Waals surface area (Å²) in [5.74, 6) is 0.149.